The average Bonchev–Trinajstić information content (AvgIpc) is 4.12. The monoisotopic (exact) mass is 919 g/mol. The zero-order valence-electron chi connectivity index (χ0n) is 41.0. The number of amides is 2. The zero-order chi connectivity index (χ0) is 47.8. The molecule has 6 aromatic rings. The molecule has 68 heavy (non-hydrogen) atoms. The SMILES string of the molecule is COc1cc(-c2cn(C)nc2C)cc([C@@H](C)NC(=O)c2cc(N3CC4CNCC4C3)c(Cn3cc(-c4cc(OC)cc([C@@H](C)NC(=O)c5cc(N6CCNCC6)ccc5C)c4)c(C)n3)cc2C)c1. The summed E-state index contributed by atoms with van der Waals surface area (Å²) in [5.41, 5.74) is 14.0. The topological polar surface area (TPSA) is 143 Å². The van der Waals surface area contributed by atoms with Crippen LogP contribution in [0.15, 0.2) is 79.1 Å². The van der Waals surface area contributed by atoms with Crippen molar-refractivity contribution in [2.45, 2.75) is 60.2 Å². The molecule has 2 unspecified atom stereocenters. The second-order valence-electron chi connectivity index (χ2n) is 19.1. The largest absolute Gasteiger partial charge is 0.497 e. The summed E-state index contributed by atoms with van der Waals surface area (Å²) in [6.45, 7) is 20.1. The Morgan fingerprint density at radius 3 is 1.84 bits per heavy atom. The van der Waals surface area contributed by atoms with Crippen LogP contribution in [-0.2, 0) is 13.6 Å². The van der Waals surface area contributed by atoms with Crippen LogP contribution in [0.1, 0.15) is 85.9 Å². The molecule has 0 aliphatic carbocycles. The highest BCUT2D eigenvalue weighted by atomic mass is 16.5. The Morgan fingerprint density at radius 2 is 1.26 bits per heavy atom. The van der Waals surface area contributed by atoms with Crippen LogP contribution in [0.2, 0.25) is 0 Å². The van der Waals surface area contributed by atoms with E-state index < -0.39 is 0 Å². The molecule has 0 saturated carbocycles. The van der Waals surface area contributed by atoms with Gasteiger partial charge in [-0.3, -0.25) is 19.0 Å². The van der Waals surface area contributed by atoms with Gasteiger partial charge in [-0.1, -0.05) is 12.1 Å². The number of carbonyl (C=O) groups is 2. The smallest absolute Gasteiger partial charge is 0.252 e. The summed E-state index contributed by atoms with van der Waals surface area (Å²) in [4.78, 5) is 33.0. The van der Waals surface area contributed by atoms with Gasteiger partial charge in [-0.15, -0.1) is 0 Å². The van der Waals surface area contributed by atoms with Crippen LogP contribution in [-0.4, -0.2) is 98.0 Å². The second kappa shape index (κ2) is 19.5. The van der Waals surface area contributed by atoms with Crippen molar-refractivity contribution in [3.63, 3.8) is 0 Å². The zero-order valence-corrected chi connectivity index (χ0v) is 41.0. The molecule has 14 nitrogen and oxygen atoms in total. The Morgan fingerprint density at radius 1 is 0.691 bits per heavy atom. The van der Waals surface area contributed by atoms with E-state index in [2.05, 4.69) is 72.7 Å². The van der Waals surface area contributed by atoms with Crippen molar-refractivity contribution >= 4 is 23.2 Å². The van der Waals surface area contributed by atoms with Crippen LogP contribution in [0.5, 0.6) is 11.5 Å². The first-order valence-electron chi connectivity index (χ1n) is 23.9. The molecule has 4 aromatic carbocycles. The molecule has 14 heteroatoms. The van der Waals surface area contributed by atoms with E-state index in [1.165, 1.54) is 0 Å². The fourth-order valence-electron chi connectivity index (χ4n) is 10.4. The summed E-state index contributed by atoms with van der Waals surface area (Å²) in [5.74, 6) is 2.32. The van der Waals surface area contributed by atoms with Crippen LogP contribution in [0.4, 0.5) is 11.4 Å². The first-order valence-corrected chi connectivity index (χ1v) is 23.9. The van der Waals surface area contributed by atoms with Gasteiger partial charge in [0.05, 0.1) is 44.2 Å². The van der Waals surface area contributed by atoms with Gasteiger partial charge in [-0.25, -0.2) is 0 Å². The third kappa shape index (κ3) is 9.70. The van der Waals surface area contributed by atoms with Gasteiger partial charge in [-0.2, -0.15) is 10.2 Å². The minimum Gasteiger partial charge on any atom is -0.497 e. The maximum Gasteiger partial charge on any atom is 0.252 e. The Balaban J connectivity index is 0.967. The lowest BCUT2D eigenvalue weighted by molar-refractivity contribution is 0.0930. The van der Waals surface area contributed by atoms with Gasteiger partial charge >= 0.3 is 0 Å². The van der Waals surface area contributed by atoms with Crippen molar-refractivity contribution in [2.75, 3.05) is 76.4 Å². The third-order valence-corrected chi connectivity index (χ3v) is 14.3. The van der Waals surface area contributed by atoms with Gasteiger partial charge in [0.15, 0.2) is 0 Å². The highest BCUT2D eigenvalue weighted by Gasteiger charge is 2.37. The van der Waals surface area contributed by atoms with Crippen molar-refractivity contribution in [3.05, 3.63) is 129 Å². The average molecular weight is 919 g/mol. The molecule has 3 aliphatic heterocycles. The van der Waals surface area contributed by atoms with Gasteiger partial charge in [0.1, 0.15) is 11.5 Å². The van der Waals surface area contributed by atoms with Crippen LogP contribution in [0.3, 0.4) is 0 Å². The van der Waals surface area contributed by atoms with E-state index in [1.807, 2.05) is 101 Å². The molecule has 0 spiro atoms. The maximum atomic E-state index is 14.4. The fourth-order valence-corrected chi connectivity index (χ4v) is 10.4. The molecular formula is C54H66N10O4. The number of anilines is 2. The van der Waals surface area contributed by atoms with Crippen LogP contribution in [0.25, 0.3) is 22.3 Å². The number of methoxy groups -OCH3 is 2. The first-order chi connectivity index (χ1) is 32.7. The number of fused-ring (bicyclic) bond motifs is 1. The molecule has 3 fully saturated rings. The van der Waals surface area contributed by atoms with Gasteiger partial charge in [0, 0.05) is 105 Å². The molecule has 4 N–H and O–H groups in total. The van der Waals surface area contributed by atoms with Gasteiger partial charge < -0.3 is 40.5 Å². The summed E-state index contributed by atoms with van der Waals surface area (Å²) >= 11 is 0. The molecule has 0 radical (unpaired) electrons. The molecule has 5 heterocycles. The van der Waals surface area contributed by atoms with Crippen molar-refractivity contribution < 1.29 is 19.1 Å². The first kappa shape index (κ1) is 46.5. The predicted octanol–water partition coefficient (Wildman–Crippen LogP) is 7.30. The molecule has 3 saturated heterocycles. The standard InChI is InChI=1S/C54H66N10O4/c1-32-10-11-45(62-14-12-55-13-15-62)23-48(32)53(65)57-34(3)39-18-41(22-47(20-39)68-9)51-31-64(60-37(51)6)29-42-16-33(2)49(24-52(42)63-27-43-25-56-26-44(43)28-63)54(66)58-35(4)38-17-40(21-46(19-38)67-8)50-30-61(7)59-36(50)5/h10-11,16-24,30-31,34-35,43-44,55-56H,12-15,25-29H2,1-9H3,(H,57,65)(H,58,66)/t34-,35-,43?,44?/m1/s1. The quantitative estimate of drug-likeness (QED) is 0.0880. The van der Waals surface area contributed by atoms with E-state index in [9.17, 15) is 9.59 Å². The molecule has 0 bridgehead atoms. The molecular weight excluding hydrogens is 853 g/mol. The molecule has 2 aromatic heterocycles. The summed E-state index contributed by atoms with van der Waals surface area (Å²) in [6, 6.07) is 22.1. The highest BCUT2D eigenvalue weighted by Crippen LogP contribution is 2.37. The van der Waals surface area contributed by atoms with Gasteiger partial charge in [0.25, 0.3) is 11.8 Å². The normalized spacial score (nSPS) is 17.8. The molecule has 2 amide bonds. The van der Waals surface area contributed by atoms with Gasteiger partial charge in [-0.05, 0) is 147 Å². The molecule has 9 rings (SSSR count). The Bertz CT molecular complexity index is 2830. The minimum atomic E-state index is -0.294. The van der Waals surface area contributed by atoms with E-state index in [0.717, 1.165) is 131 Å². The Kier molecular flexibility index (Phi) is 13.3. The van der Waals surface area contributed by atoms with Crippen molar-refractivity contribution in [1.82, 2.24) is 40.8 Å². The number of rotatable bonds is 14. The number of nitrogens with one attached hydrogen (secondary N) is 4. The third-order valence-electron chi connectivity index (χ3n) is 14.3. The lowest BCUT2D eigenvalue weighted by Crippen LogP contribution is -2.43. The van der Waals surface area contributed by atoms with Crippen molar-refractivity contribution in [3.8, 4) is 33.8 Å². The summed E-state index contributed by atoms with van der Waals surface area (Å²) < 4.78 is 15.4. The number of aromatic nitrogens is 4. The summed E-state index contributed by atoms with van der Waals surface area (Å²) in [5, 5.41) is 23.2. The fraction of sp³-hybridized carbons (Fsp3) is 0.407. The van der Waals surface area contributed by atoms with E-state index in [0.29, 0.717) is 35.3 Å². The van der Waals surface area contributed by atoms with Crippen LogP contribution in [0, 0.1) is 39.5 Å². The number of hydrogen-bond acceptors (Lipinski definition) is 10. The number of carbonyl (C=O) groups excluding carboxylic acids is 2. The molecule has 356 valence electrons. The highest BCUT2D eigenvalue weighted by molar-refractivity contribution is 5.98. The summed E-state index contributed by atoms with van der Waals surface area (Å²) in [7, 11) is 5.25. The van der Waals surface area contributed by atoms with E-state index >= 15 is 0 Å². The number of aryl methyl sites for hydroxylation is 5. The molecule has 3 aliphatic rings. The summed E-state index contributed by atoms with van der Waals surface area (Å²) in [6.07, 6.45) is 4.11. The second-order valence-corrected chi connectivity index (χ2v) is 19.1. The number of nitrogens with zero attached hydrogens (tertiary/aromatic N) is 6. The maximum absolute atomic E-state index is 14.4. The lowest BCUT2D eigenvalue weighted by Gasteiger charge is -2.30. The van der Waals surface area contributed by atoms with Crippen LogP contribution >= 0.6 is 0 Å². The Hall–Kier alpha value is -6.64. The number of benzene rings is 4. The van der Waals surface area contributed by atoms with E-state index in [4.69, 9.17) is 14.6 Å². The van der Waals surface area contributed by atoms with Crippen molar-refractivity contribution in [1.29, 1.82) is 0 Å². The number of hydrogen-bond donors (Lipinski definition) is 4. The minimum absolute atomic E-state index is 0.107. The van der Waals surface area contributed by atoms with Crippen LogP contribution < -0.4 is 40.5 Å². The van der Waals surface area contributed by atoms with E-state index in [-0.39, 0.29) is 23.9 Å². The predicted molar refractivity (Wildman–Crippen MR) is 269 cm³/mol. The van der Waals surface area contributed by atoms with Crippen molar-refractivity contribution in [2.24, 2.45) is 18.9 Å². The number of piperazine rings is 1. The lowest BCUT2D eigenvalue weighted by atomic mass is 9.98. The molecule has 4 atom stereocenters. The Labute approximate surface area is 400 Å². The van der Waals surface area contributed by atoms with E-state index in [1.54, 1.807) is 14.2 Å². The van der Waals surface area contributed by atoms with Gasteiger partial charge in [0.2, 0.25) is 0 Å². The number of ether oxygens (including phenoxy) is 2.